The molecule has 11 heteroatoms. The molecule has 2 saturated carbocycles. The Labute approximate surface area is 262 Å². The Kier molecular flexibility index (Phi) is 9.81. The second kappa shape index (κ2) is 13.0. The predicted molar refractivity (Wildman–Crippen MR) is 162 cm³/mol. The molecule has 2 aromatic carbocycles. The van der Waals surface area contributed by atoms with Crippen LogP contribution in [0, 0.1) is 17.3 Å². The van der Waals surface area contributed by atoms with Gasteiger partial charge in [-0.25, -0.2) is 8.42 Å². The van der Waals surface area contributed by atoms with Crippen molar-refractivity contribution in [1.82, 2.24) is 0 Å². The van der Waals surface area contributed by atoms with Crippen molar-refractivity contribution in [3.05, 3.63) is 59.2 Å². The maximum Gasteiger partial charge on any atom is 0.453 e. The smallest absolute Gasteiger partial charge is 0.453 e. The number of aliphatic hydroxyl groups excluding tert-OH is 1. The molecule has 250 valence electrons. The SMILES string of the molecule is C[C@@]12C[C@H](c3ccc(OCCCCCS(=O)(=O)CCCC(F)(F)C(F)(F)F)cc3)[C@@H]3c4ccc(O)cc4CC[C@H]3[C@@H]1CC[C@@H]2O. The Bertz CT molecular complexity index is 1430. The van der Waals surface area contributed by atoms with Crippen LogP contribution in [0.1, 0.15) is 93.2 Å². The summed E-state index contributed by atoms with van der Waals surface area (Å²) in [5, 5.41) is 21.2. The van der Waals surface area contributed by atoms with Crippen LogP contribution < -0.4 is 4.74 Å². The first-order valence-corrected chi connectivity index (χ1v) is 17.8. The van der Waals surface area contributed by atoms with Gasteiger partial charge in [-0.05, 0) is 128 Å². The maximum atomic E-state index is 13.0. The second-order valence-electron chi connectivity index (χ2n) is 13.6. The van der Waals surface area contributed by atoms with Crippen molar-refractivity contribution in [2.75, 3.05) is 18.1 Å². The lowest BCUT2D eigenvalue weighted by Crippen LogP contribution is -2.47. The van der Waals surface area contributed by atoms with Crippen LogP contribution in [0.3, 0.4) is 0 Å². The zero-order valence-corrected chi connectivity index (χ0v) is 26.4. The molecule has 5 rings (SSSR count). The third-order valence-electron chi connectivity index (χ3n) is 10.7. The Hall–Kier alpha value is -2.40. The van der Waals surface area contributed by atoms with E-state index in [1.54, 1.807) is 6.07 Å². The van der Waals surface area contributed by atoms with Crippen LogP contribution in [-0.2, 0) is 16.3 Å². The molecule has 3 aliphatic carbocycles. The van der Waals surface area contributed by atoms with Gasteiger partial charge in [-0.15, -0.1) is 0 Å². The molecule has 0 amide bonds. The van der Waals surface area contributed by atoms with E-state index in [1.807, 2.05) is 18.2 Å². The molecule has 0 bridgehead atoms. The largest absolute Gasteiger partial charge is 0.508 e. The van der Waals surface area contributed by atoms with Gasteiger partial charge in [-0.1, -0.05) is 25.1 Å². The molecule has 2 aromatic rings. The number of aliphatic hydroxyl groups is 1. The number of rotatable bonds is 12. The van der Waals surface area contributed by atoms with Gasteiger partial charge in [0, 0.05) is 6.42 Å². The van der Waals surface area contributed by atoms with Gasteiger partial charge in [0.05, 0.1) is 24.2 Å². The maximum absolute atomic E-state index is 13.0. The van der Waals surface area contributed by atoms with Gasteiger partial charge in [-0.2, -0.15) is 22.0 Å². The van der Waals surface area contributed by atoms with Crippen LogP contribution in [0.15, 0.2) is 42.5 Å². The number of hydrogen-bond acceptors (Lipinski definition) is 5. The average Bonchev–Trinajstić information content (AvgIpc) is 3.27. The van der Waals surface area contributed by atoms with E-state index >= 15 is 0 Å². The number of aromatic hydroxyl groups is 1. The van der Waals surface area contributed by atoms with E-state index in [2.05, 4.69) is 25.1 Å². The van der Waals surface area contributed by atoms with Crippen LogP contribution in [0.25, 0.3) is 0 Å². The van der Waals surface area contributed by atoms with Crippen molar-refractivity contribution in [2.45, 2.75) is 101 Å². The molecule has 2 fully saturated rings. The fourth-order valence-corrected chi connectivity index (χ4v) is 9.79. The Morgan fingerprint density at radius 3 is 2.36 bits per heavy atom. The minimum absolute atomic E-state index is 0.142. The minimum Gasteiger partial charge on any atom is -0.508 e. The standard InChI is InChI=1S/C34H43F5O5S/c1-32-21-28(31-26-13-9-24(40)20-23(26)8-12-27(31)29(32)14-15-30(32)41)22-6-10-25(11-7-22)44-17-3-2-4-18-45(42,43)19-5-16-33(35,36)34(37,38)39/h6-7,9-11,13,20,27-31,40-41H,2-5,8,12,14-19,21H2,1H3/t27-,28+,29-,30-,31+,32+/m0/s1. The first-order valence-electron chi connectivity index (χ1n) is 16.0. The highest BCUT2D eigenvalue weighted by Gasteiger charge is 2.58. The topological polar surface area (TPSA) is 83.8 Å². The van der Waals surface area contributed by atoms with E-state index in [9.17, 15) is 40.6 Å². The van der Waals surface area contributed by atoms with E-state index in [4.69, 9.17) is 4.74 Å². The van der Waals surface area contributed by atoms with Crippen molar-refractivity contribution in [3.8, 4) is 11.5 Å². The number of phenolic OH excluding ortho intramolecular Hbond substituents is 1. The highest BCUT2D eigenvalue weighted by Crippen LogP contribution is 2.65. The number of ether oxygens (including phenoxy) is 1. The monoisotopic (exact) mass is 658 g/mol. The highest BCUT2D eigenvalue weighted by molar-refractivity contribution is 7.91. The fraction of sp³-hybridized carbons (Fsp3) is 0.647. The molecule has 0 unspecified atom stereocenters. The highest BCUT2D eigenvalue weighted by atomic mass is 32.2. The van der Waals surface area contributed by atoms with Crippen molar-refractivity contribution >= 4 is 9.84 Å². The molecule has 0 heterocycles. The summed E-state index contributed by atoms with van der Waals surface area (Å²) in [6.07, 6.45) is -2.19. The fourth-order valence-electron chi connectivity index (χ4n) is 8.35. The number of benzene rings is 2. The molecule has 0 spiro atoms. The van der Waals surface area contributed by atoms with E-state index in [0.717, 1.165) is 32.1 Å². The van der Waals surface area contributed by atoms with E-state index < -0.39 is 40.5 Å². The summed E-state index contributed by atoms with van der Waals surface area (Å²) < 4.78 is 92.8. The molecule has 2 N–H and O–H groups in total. The van der Waals surface area contributed by atoms with Crippen molar-refractivity contribution < 1.29 is 45.3 Å². The van der Waals surface area contributed by atoms with Crippen LogP contribution in [0.5, 0.6) is 11.5 Å². The summed E-state index contributed by atoms with van der Waals surface area (Å²) >= 11 is 0. The Morgan fingerprint density at radius 2 is 1.64 bits per heavy atom. The Morgan fingerprint density at radius 1 is 0.933 bits per heavy atom. The summed E-state index contributed by atoms with van der Waals surface area (Å²) in [5.74, 6) is -3.43. The number of hydrogen-bond donors (Lipinski definition) is 2. The van der Waals surface area contributed by atoms with Gasteiger partial charge >= 0.3 is 12.1 Å². The van der Waals surface area contributed by atoms with Gasteiger partial charge in [0.2, 0.25) is 0 Å². The number of sulfone groups is 1. The zero-order chi connectivity index (χ0) is 32.6. The van der Waals surface area contributed by atoms with Crippen LogP contribution >= 0.6 is 0 Å². The number of unbranched alkanes of at least 4 members (excludes halogenated alkanes) is 2. The number of phenols is 1. The third kappa shape index (κ3) is 7.29. The molecule has 45 heavy (non-hydrogen) atoms. The number of aryl methyl sites for hydroxylation is 1. The zero-order valence-electron chi connectivity index (χ0n) is 25.5. The van der Waals surface area contributed by atoms with Gasteiger partial charge in [0.15, 0.2) is 0 Å². The number of alkyl halides is 5. The van der Waals surface area contributed by atoms with Crippen molar-refractivity contribution in [3.63, 3.8) is 0 Å². The summed E-state index contributed by atoms with van der Waals surface area (Å²) in [4.78, 5) is 0. The van der Waals surface area contributed by atoms with Gasteiger partial charge in [-0.3, -0.25) is 0 Å². The minimum atomic E-state index is -5.68. The lowest BCUT2D eigenvalue weighted by Gasteiger charge is -2.54. The van der Waals surface area contributed by atoms with Crippen molar-refractivity contribution in [1.29, 1.82) is 0 Å². The van der Waals surface area contributed by atoms with Gasteiger partial charge < -0.3 is 14.9 Å². The van der Waals surface area contributed by atoms with Crippen LogP contribution in [-0.4, -0.2) is 54.9 Å². The average molecular weight is 659 g/mol. The van der Waals surface area contributed by atoms with Crippen molar-refractivity contribution in [2.24, 2.45) is 17.3 Å². The van der Waals surface area contributed by atoms with E-state index in [0.29, 0.717) is 43.0 Å². The number of fused-ring (bicyclic) bond motifs is 5. The molecule has 6 atom stereocenters. The molecule has 5 nitrogen and oxygen atoms in total. The third-order valence-corrected chi connectivity index (χ3v) is 12.5. The molecular formula is C34H43F5O5S. The van der Waals surface area contributed by atoms with Crippen LogP contribution in [0.4, 0.5) is 22.0 Å². The lowest BCUT2D eigenvalue weighted by molar-refractivity contribution is -0.284. The number of halogens is 5. The Balaban J connectivity index is 1.14. The quantitative estimate of drug-likeness (QED) is 0.179. The molecule has 3 aliphatic rings. The normalized spacial score (nSPS) is 28.3. The molecule has 0 saturated heterocycles. The summed E-state index contributed by atoms with van der Waals surface area (Å²) in [5.41, 5.74) is 3.56. The summed E-state index contributed by atoms with van der Waals surface area (Å²) in [6.45, 7) is 2.61. The first-order chi connectivity index (χ1) is 21.1. The van der Waals surface area contributed by atoms with E-state index in [1.165, 1.54) is 16.7 Å². The van der Waals surface area contributed by atoms with Crippen LogP contribution in [0.2, 0.25) is 0 Å². The second-order valence-corrected chi connectivity index (χ2v) is 15.9. The van der Waals surface area contributed by atoms with Gasteiger partial charge in [0.1, 0.15) is 21.3 Å². The summed E-state index contributed by atoms with van der Waals surface area (Å²) in [6, 6.07) is 13.8. The molecular weight excluding hydrogens is 615 g/mol. The van der Waals surface area contributed by atoms with E-state index in [-0.39, 0.29) is 35.4 Å². The predicted octanol–water partition coefficient (Wildman–Crippen LogP) is 7.94. The summed E-state index contributed by atoms with van der Waals surface area (Å²) in [7, 11) is -3.72. The lowest BCUT2D eigenvalue weighted by atomic mass is 9.51. The molecule has 0 aliphatic heterocycles. The molecule has 0 radical (unpaired) electrons. The molecule has 0 aromatic heterocycles. The first kappa shape index (κ1) is 33.9. The van der Waals surface area contributed by atoms with Gasteiger partial charge in [0.25, 0.3) is 0 Å².